The van der Waals surface area contributed by atoms with E-state index in [1.54, 1.807) is 6.33 Å². The van der Waals surface area contributed by atoms with Crippen molar-refractivity contribution < 1.29 is 0 Å². The predicted molar refractivity (Wildman–Crippen MR) is 61.6 cm³/mol. The molecule has 3 rings (SSSR count). The van der Waals surface area contributed by atoms with Crippen LogP contribution in [0.15, 0.2) is 36.7 Å². The molecule has 1 aromatic carbocycles. The monoisotopic (exact) mass is 214 g/mol. The first kappa shape index (κ1) is 9.54. The molecular weight excluding hydrogens is 200 g/mol. The third kappa shape index (κ3) is 1.61. The van der Waals surface area contributed by atoms with E-state index in [0.29, 0.717) is 5.92 Å². The summed E-state index contributed by atoms with van der Waals surface area (Å²) in [5.74, 6) is 1.55. The average Bonchev–Trinajstić information content (AvgIpc) is 3.01. The Balaban J connectivity index is 1.99. The molecule has 4 heteroatoms. The van der Waals surface area contributed by atoms with Crippen LogP contribution in [0, 0.1) is 0 Å². The molecule has 4 nitrogen and oxygen atoms in total. The van der Waals surface area contributed by atoms with Gasteiger partial charge in [0, 0.05) is 12.5 Å². The van der Waals surface area contributed by atoms with Gasteiger partial charge in [-0.1, -0.05) is 18.2 Å². The lowest BCUT2D eigenvalue weighted by molar-refractivity contribution is 0.664. The molecule has 2 aromatic rings. The fourth-order valence-electron chi connectivity index (χ4n) is 2.17. The van der Waals surface area contributed by atoms with Gasteiger partial charge in [-0.05, 0) is 25.1 Å². The van der Waals surface area contributed by atoms with Crippen LogP contribution in [0.25, 0.3) is 5.69 Å². The Morgan fingerprint density at radius 3 is 2.88 bits per heavy atom. The van der Waals surface area contributed by atoms with Crippen LogP contribution in [0.3, 0.4) is 0 Å². The Hall–Kier alpha value is -1.68. The minimum absolute atomic E-state index is 0.489. The molecule has 1 atom stereocenters. The summed E-state index contributed by atoms with van der Waals surface area (Å²) in [4.78, 5) is 4.39. The Labute approximate surface area is 94.3 Å². The van der Waals surface area contributed by atoms with E-state index in [9.17, 15) is 0 Å². The zero-order valence-electron chi connectivity index (χ0n) is 9.00. The van der Waals surface area contributed by atoms with Gasteiger partial charge >= 0.3 is 0 Å². The summed E-state index contributed by atoms with van der Waals surface area (Å²) in [6.45, 7) is 2.08. The van der Waals surface area contributed by atoms with Crippen molar-refractivity contribution in [3.05, 3.63) is 42.5 Å². The summed E-state index contributed by atoms with van der Waals surface area (Å²) in [5.41, 5.74) is 1.09. The van der Waals surface area contributed by atoms with Gasteiger partial charge in [-0.15, -0.1) is 0 Å². The maximum atomic E-state index is 4.39. The SMILES string of the molecule is c1ccc(-n2ncnc2C2CCNC2)cc1. The molecule has 16 heavy (non-hydrogen) atoms. The standard InChI is InChI=1S/C12H14N4/c1-2-4-11(5-3-1)16-12(14-9-15-16)10-6-7-13-8-10/h1-5,9-10,13H,6-8H2. The summed E-state index contributed by atoms with van der Waals surface area (Å²) in [6.07, 6.45) is 2.78. The number of benzene rings is 1. The van der Waals surface area contributed by atoms with Gasteiger partial charge in [0.25, 0.3) is 0 Å². The summed E-state index contributed by atoms with van der Waals surface area (Å²) in [7, 11) is 0. The molecule has 1 fully saturated rings. The lowest BCUT2D eigenvalue weighted by Crippen LogP contribution is -2.12. The number of nitrogens with one attached hydrogen (secondary N) is 1. The zero-order chi connectivity index (χ0) is 10.8. The van der Waals surface area contributed by atoms with Gasteiger partial charge in [-0.25, -0.2) is 9.67 Å². The first-order valence-corrected chi connectivity index (χ1v) is 5.61. The molecule has 1 aliphatic heterocycles. The molecule has 0 bridgehead atoms. The number of nitrogens with zero attached hydrogens (tertiary/aromatic N) is 3. The lowest BCUT2D eigenvalue weighted by Gasteiger charge is -2.10. The van der Waals surface area contributed by atoms with E-state index in [1.165, 1.54) is 0 Å². The second-order valence-corrected chi connectivity index (χ2v) is 4.06. The van der Waals surface area contributed by atoms with Crippen molar-refractivity contribution in [1.82, 2.24) is 20.1 Å². The molecule has 0 saturated carbocycles. The highest BCUT2D eigenvalue weighted by Gasteiger charge is 2.22. The van der Waals surface area contributed by atoms with Crippen molar-refractivity contribution >= 4 is 0 Å². The highest BCUT2D eigenvalue weighted by molar-refractivity contribution is 5.31. The summed E-state index contributed by atoms with van der Waals surface area (Å²) in [6, 6.07) is 10.2. The van der Waals surface area contributed by atoms with E-state index in [4.69, 9.17) is 0 Å². The van der Waals surface area contributed by atoms with E-state index in [1.807, 2.05) is 22.9 Å². The summed E-state index contributed by atoms with van der Waals surface area (Å²) in [5, 5.41) is 7.67. The molecule has 0 amide bonds. The predicted octanol–water partition coefficient (Wildman–Crippen LogP) is 1.34. The van der Waals surface area contributed by atoms with Crippen LogP contribution in [0.5, 0.6) is 0 Å². The molecule has 0 radical (unpaired) electrons. The third-order valence-electron chi connectivity index (χ3n) is 3.00. The third-order valence-corrected chi connectivity index (χ3v) is 3.00. The Kier molecular flexibility index (Phi) is 2.42. The van der Waals surface area contributed by atoms with Gasteiger partial charge in [0.15, 0.2) is 0 Å². The van der Waals surface area contributed by atoms with E-state index in [2.05, 4.69) is 27.5 Å². The van der Waals surface area contributed by atoms with E-state index in [0.717, 1.165) is 31.0 Å². The number of hydrogen-bond acceptors (Lipinski definition) is 3. The van der Waals surface area contributed by atoms with Crippen LogP contribution >= 0.6 is 0 Å². The minimum atomic E-state index is 0.489. The fourth-order valence-corrected chi connectivity index (χ4v) is 2.17. The average molecular weight is 214 g/mol. The second-order valence-electron chi connectivity index (χ2n) is 4.06. The van der Waals surface area contributed by atoms with Gasteiger partial charge in [0.05, 0.1) is 5.69 Å². The van der Waals surface area contributed by atoms with Gasteiger partial charge in [-0.3, -0.25) is 0 Å². The van der Waals surface area contributed by atoms with Crippen molar-refractivity contribution in [2.75, 3.05) is 13.1 Å². The smallest absolute Gasteiger partial charge is 0.138 e. The summed E-state index contributed by atoms with van der Waals surface area (Å²) >= 11 is 0. The molecule has 2 heterocycles. The normalized spacial score (nSPS) is 20.1. The summed E-state index contributed by atoms with van der Waals surface area (Å²) < 4.78 is 1.94. The number of hydrogen-bond donors (Lipinski definition) is 1. The maximum absolute atomic E-state index is 4.39. The molecule has 1 aromatic heterocycles. The zero-order valence-corrected chi connectivity index (χ0v) is 9.00. The second kappa shape index (κ2) is 4.06. The lowest BCUT2D eigenvalue weighted by atomic mass is 10.1. The van der Waals surface area contributed by atoms with E-state index < -0.39 is 0 Å². The van der Waals surface area contributed by atoms with Crippen molar-refractivity contribution in [3.8, 4) is 5.69 Å². The largest absolute Gasteiger partial charge is 0.316 e. The first-order valence-electron chi connectivity index (χ1n) is 5.61. The molecular formula is C12H14N4. The van der Waals surface area contributed by atoms with E-state index >= 15 is 0 Å². The van der Waals surface area contributed by atoms with Crippen LogP contribution in [0.1, 0.15) is 18.2 Å². The van der Waals surface area contributed by atoms with Crippen molar-refractivity contribution in [2.24, 2.45) is 0 Å². The highest BCUT2D eigenvalue weighted by Crippen LogP contribution is 2.21. The molecule has 0 aliphatic carbocycles. The Morgan fingerprint density at radius 1 is 1.25 bits per heavy atom. The van der Waals surface area contributed by atoms with Crippen LogP contribution in [-0.2, 0) is 0 Å². The van der Waals surface area contributed by atoms with Crippen LogP contribution in [0.4, 0.5) is 0 Å². The quantitative estimate of drug-likeness (QED) is 0.820. The van der Waals surface area contributed by atoms with Crippen molar-refractivity contribution in [3.63, 3.8) is 0 Å². The molecule has 82 valence electrons. The minimum Gasteiger partial charge on any atom is -0.316 e. The molecule has 1 aliphatic rings. The van der Waals surface area contributed by atoms with Crippen LogP contribution in [0.2, 0.25) is 0 Å². The molecule has 0 spiro atoms. The van der Waals surface area contributed by atoms with Gasteiger partial charge in [0.1, 0.15) is 12.2 Å². The molecule has 1 N–H and O–H groups in total. The van der Waals surface area contributed by atoms with E-state index in [-0.39, 0.29) is 0 Å². The molecule has 1 saturated heterocycles. The van der Waals surface area contributed by atoms with Crippen molar-refractivity contribution in [2.45, 2.75) is 12.3 Å². The number of para-hydroxylation sites is 1. The van der Waals surface area contributed by atoms with Gasteiger partial charge < -0.3 is 5.32 Å². The Morgan fingerprint density at radius 2 is 2.12 bits per heavy atom. The topological polar surface area (TPSA) is 42.7 Å². The number of rotatable bonds is 2. The van der Waals surface area contributed by atoms with Crippen molar-refractivity contribution in [1.29, 1.82) is 0 Å². The Bertz CT molecular complexity index is 457. The fraction of sp³-hybridized carbons (Fsp3) is 0.333. The number of aromatic nitrogens is 3. The first-order chi connectivity index (χ1) is 7.95. The highest BCUT2D eigenvalue weighted by atomic mass is 15.3. The maximum Gasteiger partial charge on any atom is 0.138 e. The van der Waals surface area contributed by atoms with Gasteiger partial charge in [-0.2, -0.15) is 5.10 Å². The van der Waals surface area contributed by atoms with Crippen LogP contribution in [-0.4, -0.2) is 27.9 Å². The van der Waals surface area contributed by atoms with Gasteiger partial charge in [0.2, 0.25) is 0 Å². The van der Waals surface area contributed by atoms with Crippen LogP contribution < -0.4 is 5.32 Å². The molecule has 1 unspecified atom stereocenters.